The first-order valence-corrected chi connectivity index (χ1v) is 6.02. The van der Waals surface area contributed by atoms with E-state index >= 15 is 0 Å². The molecular formula is C11H11NO3S. The van der Waals surface area contributed by atoms with Crippen LogP contribution in [0.15, 0.2) is 24.3 Å². The van der Waals surface area contributed by atoms with Crippen molar-refractivity contribution in [2.45, 2.75) is 5.75 Å². The first-order valence-electron chi connectivity index (χ1n) is 4.86. The lowest BCUT2D eigenvalue weighted by molar-refractivity contribution is -0.136. The number of para-hydroxylation sites is 1. The van der Waals surface area contributed by atoms with Gasteiger partial charge in [-0.05, 0) is 11.6 Å². The van der Waals surface area contributed by atoms with Crippen LogP contribution in [0.2, 0.25) is 0 Å². The van der Waals surface area contributed by atoms with Crippen LogP contribution in [0.4, 0.5) is 5.69 Å². The second-order valence-corrected chi connectivity index (χ2v) is 4.48. The Morgan fingerprint density at radius 3 is 2.88 bits per heavy atom. The minimum Gasteiger partial charge on any atom is -0.480 e. The number of carbonyl (C=O) groups excluding carboxylic acids is 1. The molecule has 4 nitrogen and oxygen atoms in total. The number of carbonyl (C=O) groups is 2. The zero-order valence-electron chi connectivity index (χ0n) is 8.55. The number of aliphatic carboxylic acids is 1. The summed E-state index contributed by atoms with van der Waals surface area (Å²) >= 11 is 1.51. The highest BCUT2D eigenvalue weighted by molar-refractivity contribution is 7.99. The molecule has 1 amide bonds. The van der Waals surface area contributed by atoms with Crippen molar-refractivity contribution in [3.63, 3.8) is 0 Å². The van der Waals surface area contributed by atoms with Gasteiger partial charge >= 0.3 is 5.97 Å². The zero-order chi connectivity index (χ0) is 11.5. The van der Waals surface area contributed by atoms with Crippen LogP contribution in [0.5, 0.6) is 0 Å². The van der Waals surface area contributed by atoms with E-state index in [1.807, 2.05) is 18.2 Å². The molecule has 0 spiro atoms. The van der Waals surface area contributed by atoms with Gasteiger partial charge in [0.25, 0.3) is 0 Å². The Hall–Kier alpha value is -1.49. The summed E-state index contributed by atoms with van der Waals surface area (Å²) in [6, 6.07) is 7.43. The molecule has 0 radical (unpaired) electrons. The average Bonchev–Trinajstić information content (AvgIpc) is 2.40. The summed E-state index contributed by atoms with van der Waals surface area (Å²) in [5.41, 5.74) is 1.74. The van der Waals surface area contributed by atoms with Crippen LogP contribution in [-0.4, -0.2) is 29.3 Å². The van der Waals surface area contributed by atoms with Gasteiger partial charge in [0, 0.05) is 11.4 Å². The average molecular weight is 237 g/mol. The standard InChI is InChI=1S/C11H11NO3S/c13-10-7-16-6-8-3-1-2-4-9(8)12(10)5-11(14)15/h1-4H,5-7H2,(H,14,15). The van der Waals surface area contributed by atoms with E-state index in [2.05, 4.69) is 0 Å². The van der Waals surface area contributed by atoms with Crippen LogP contribution in [0.25, 0.3) is 0 Å². The van der Waals surface area contributed by atoms with E-state index in [4.69, 9.17) is 5.11 Å². The van der Waals surface area contributed by atoms with Crippen LogP contribution < -0.4 is 4.90 Å². The Morgan fingerprint density at radius 1 is 1.38 bits per heavy atom. The number of hydrogen-bond donors (Lipinski definition) is 1. The molecule has 0 saturated heterocycles. The van der Waals surface area contributed by atoms with Crippen molar-refractivity contribution >= 4 is 29.3 Å². The molecule has 16 heavy (non-hydrogen) atoms. The number of nitrogens with zero attached hydrogens (tertiary/aromatic N) is 1. The first kappa shape index (κ1) is 11.0. The number of benzene rings is 1. The number of carboxylic acid groups (broad SMARTS) is 1. The van der Waals surface area contributed by atoms with Gasteiger partial charge in [0.2, 0.25) is 5.91 Å². The Bertz CT molecular complexity index is 433. The Balaban J connectivity index is 2.39. The molecule has 0 unspecified atom stereocenters. The highest BCUT2D eigenvalue weighted by Gasteiger charge is 2.23. The first-order chi connectivity index (χ1) is 7.68. The quantitative estimate of drug-likeness (QED) is 0.843. The van der Waals surface area contributed by atoms with Gasteiger partial charge in [-0.3, -0.25) is 9.59 Å². The number of amides is 1. The summed E-state index contributed by atoms with van der Waals surface area (Å²) in [6.07, 6.45) is 0. The molecule has 84 valence electrons. The van der Waals surface area contributed by atoms with Crippen molar-refractivity contribution in [1.82, 2.24) is 0 Å². The number of hydrogen-bond acceptors (Lipinski definition) is 3. The maximum absolute atomic E-state index is 11.8. The molecule has 0 atom stereocenters. The molecule has 5 heteroatoms. The lowest BCUT2D eigenvalue weighted by Gasteiger charge is -2.20. The molecular weight excluding hydrogens is 226 g/mol. The molecule has 0 saturated carbocycles. The van der Waals surface area contributed by atoms with E-state index in [0.29, 0.717) is 5.75 Å². The largest absolute Gasteiger partial charge is 0.480 e. The molecule has 0 fully saturated rings. The van der Waals surface area contributed by atoms with Gasteiger partial charge in [-0.1, -0.05) is 18.2 Å². The third-order valence-corrected chi connectivity index (χ3v) is 3.33. The molecule has 1 aromatic rings. The summed E-state index contributed by atoms with van der Waals surface area (Å²) in [5, 5.41) is 8.80. The van der Waals surface area contributed by atoms with E-state index in [-0.39, 0.29) is 12.5 Å². The molecule has 2 rings (SSSR count). The summed E-state index contributed by atoms with van der Waals surface area (Å²) in [7, 11) is 0. The number of fused-ring (bicyclic) bond motifs is 1. The Morgan fingerprint density at radius 2 is 2.12 bits per heavy atom. The molecule has 0 bridgehead atoms. The number of carboxylic acids is 1. The molecule has 0 aromatic heterocycles. The smallest absolute Gasteiger partial charge is 0.323 e. The lowest BCUT2D eigenvalue weighted by atomic mass is 10.2. The van der Waals surface area contributed by atoms with E-state index in [1.165, 1.54) is 16.7 Å². The summed E-state index contributed by atoms with van der Waals surface area (Å²) < 4.78 is 0. The van der Waals surface area contributed by atoms with Gasteiger partial charge in [-0.25, -0.2) is 0 Å². The minimum atomic E-state index is -0.991. The van der Waals surface area contributed by atoms with Gasteiger partial charge in [0.05, 0.1) is 5.75 Å². The molecule has 1 aliphatic heterocycles. The van der Waals surface area contributed by atoms with Gasteiger partial charge in [0.15, 0.2) is 0 Å². The molecule has 1 aromatic carbocycles. The second-order valence-electron chi connectivity index (χ2n) is 3.50. The fourth-order valence-electron chi connectivity index (χ4n) is 1.67. The van der Waals surface area contributed by atoms with Crippen molar-refractivity contribution in [3.05, 3.63) is 29.8 Å². The van der Waals surface area contributed by atoms with Crippen molar-refractivity contribution < 1.29 is 14.7 Å². The Kier molecular flexibility index (Phi) is 3.14. The number of thioether (sulfide) groups is 1. The second kappa shape index (κ2) is 4.57. The number of anilines is 1. The van der Waals surface area contributed by atoms with Gasteiger partial charge in [0.1, 0.15) is 6.54 Å². The normalized spacial score (nSPS) is 15.5. The fourth-order valence-corrected chi connectivity index (χ4v) is 2.56. The maximum Gasteiger partial charge on any atom is 0.323 e. The van der Waals surface area contributed by atoms with Crippen molar-refractivity contribution in [2.75, 3.05) is 17.2 Å². The highest BCUT2D eigenvalue weighted by Crippen LogP contribution is 2.28. The highest BCUT2D eigenvalue weighted by atomic mass is 32.2. The molecule has 1 N–H and O–H groups in total. The SMILES string of the molecule is O=C(O)CN1C(=O)CSCc2ccccc21. The van der Waals surface area contributed by atoms with E-state index in [9.17, 15) is 9.59 Å². The molecule has 1 heterocycles. The molecule has 0 aliphatic carbocycles. The van der Waals surface area contributed by atoms with Crippen molar-refractivity contribution in [1.29, 1.82) is 0 Å². The predicted molar refractivity (Wildman–Crippen MR) is 62.6 cm³/mol. The van der Waals surface area contributed by atoms with Crippen LogP contribution >= 0.6 is 11.8 Å². The topological polar surface area (TPSA) is 57.6 Å². The van der Waals surface area contributed by atoms with Gasteiger partial charge < -0.3 is 10.0 Å². The summed E-state index contributed by atoms with van der Waals surface area (Å²) in [5.74, 6) is -0.0487. The van der Waals surface area contributed by atoms with Crippen LogP contribution in [0.3, 0.4) is 0 Å². The predicted octanol–water partition coefficient (Wildman–Crippen LogP) is 1.35. The fraction of sp³-hybridized carbons (Fsp3) is 0.273. The van der Waals surface area contributed by atoms with Crippen molar-refractivity contribution in [3.8, 4) is 0 Å². The van der Waals surface area contributed by atoms with Gasteiger partial charge in [-0.2, -0.15) is 0 Å². The zero-order valence-corrected chi connectivity index (χ0v) is 9.37. The summed E-state index contributed by atoms with van der Waals surface area (Å²) in [4.78, 5) is 23.8. The Labute approximate surface area is 97.3 Å². The third-order valence-electron chi connectivity index (χ3n) is 2.36. The van der Waals surface area contributed by atoms with Crippen molar-refractivity contribution in [2.24, 2.45) is 0 Å². The third kappa shape index (κ3) is 2.19. The maximum atomic E-state index is 11.8. The molecule has 1 aliphatic rings. The van der Waals surface area contributed by atoms with E-state index in [1.54, 1.807) is 6.07 Å². The van der Waals surface area contributed by atoms with Crippen LogP contribution in [0, 0.1) is 0 Å². The number of rotatable bonds is 2. The van der Waals surface area contributed by atoms with Crippen LogP contribution in [-0.2, 0) is 15.3 Å². The van der Waals surface area contributed by atoms with Gasteiger partial charge in [-0.15, -0.1) is 11.8 Å². The monoisotopic (exact) mass is 237 g/mol. The summed E-state index contributed by atoms with van der Waals surface area (Å²) in [6.45, 7) is -0.267. The van der Waals surface area contributed by atoms with Crippen LogP contribution in [0.1, 0.15) is 5.56 Å². The van der Waals surface area contributed by atoms with E-state index in [0.717, 1.165) is 17.0 Å². The van der Waals surface area contributed by atoms with E-state index < -0.39 is 5.97 Å². The lowest BCUT2D eigenvalue weighted by Crippen LogP contribution is -2.36. The minimum absolute atomic E-state index is 0.141.